The maximum absolute atomic E-state index is 13.4. The summed E-state index contributed by atoms with van der Waals surface area (Å²) in [4.78, 5) is 14.4. The fraction of sp³-hybridized carbons (Fsp3) is 0.233. The maximum atomic E-state index is 13.4. The Hall–Kier alpha value is -4.23. The van der Waals surface area contributed by atoms with Crippen LogP contribution < -0.4 is 15.4 Å². The van der Waals surface area contributed by atoms with Gasteiger partial charge in [-0.05, 0) is 66.9 Å². The Kier molecular flexibility index (Phi) is 9.04. The van der Waals surface area contributed by atoms with Crippen molar-refractivity contribution in [3.8, 4) is 17.6 Å². The molecule has 0 bridgehead atoms. The van der Waals surface area contributed by atoms with Crippen molar-refractivity contribution in [3.63, 3.8) is 0 Å². The molecule has 1 saturated heterocycles. The molecule has 1 aliphatic rings. The third-order valence-corrected chi connectivity index (χ3v) is 6.36. The average Bonchev–Trinajstić information content (AvgIpc) is 2.97. The van der Waals surface area contributed by atoms with Crippen molar-refractivity contribution in [1.29, 1.82) is 0 Å². The third-order valence-electron chi connectivity index (χ3n) is 6.06. The number of fused-ring (bicyclic) bond motifs is 1. The lowest BCUT2D eigenvalue weighted by molar-refractivity contribution is 0.0312. The number of oxime groups is 1. The second kappa shape index (κ2) is 13.2. The number of nitrogens with zero attached hydrogens (tertiary/aromatic N) is 3. The molecular weight excluding hydrogens is 533 g/mol. The first-order valence-corrected chi connectivity index (χ1v) is 13.1. The van der Waals surface area contributed by atoms with Crippen LogP contribution >= 0.6 is 11.6 Å². The number of benzene rings is 3. The van der Waals surface area contributed by atoms with Gasteiger partial charge in [-0.1, -0.05) is 34.8 Å². The summed E-state index contributed by atoms with van der Waals surface area (Å²) in [5.74, 6) is 6.68. The number of anilines is 2. The lowest BCUT2D eigenvalue weighted by Gasteiger charge is -2.22. The summed E-state index contributed by atoms with van der Waals surface area (Å²) < 4.78 is 24.7. The van der Waals surface area contributed by atoms with Crippen molar-refractivity contribution in [2.75, 3.05) is 31.7 Å². The van der Waals surface area contributed by atoms with Crippen LogP contribution in [0.15, 0.2) is 72.1 Å². The summed E-state index contributed by atoms with van der Waals surface area (Å²) in [6, 6.07) is 17.4. The molecule has 0 saturated carbocycles. The van der Waals surface area contributed by atoms with Gasteiger partial charge in [-0.2, -0.15) is 0 Å². The predicted octanol–water partition coefficient (Wildman–Crippen LogP) is 5.48. The largest absolute Gasteiger partial charge is 0.487 e. The van der Waals surface area contributed by atoms with E-state index in [1.165, 1.54) is 18.5 Å². The van der Waals surface area contributed by atoms with E-state index in [1.807, 2.05) is 24.3 Å². The van der Waals surface area contributed by atoms with Crippen LogP contribution in [0.5, 0.6) is 5.75 Å². The summed E-state index contributed by atoms with van der Waals surface area (Å²) in [6.45, 7) is 4.39. The highest BCUT2D eigenvalue weighted by Crippen LogP contribution is 2.31. The second-order valence-corrected chi connectivity index (χ2v) is 9.39. The van der Waals surface area contributed by atoms with Crippen LogP contribution in [-0.4, -0.2) is 48.1 Å². The molecule has 4 aromatic rings. The molecule has 10 heteroatoms. The minimum Gasteiger partial charge on any atom is -0.487 e. The third kappa shape index (κ3) is 7.04. The summed E-state index contributed by atoms with van der Waals surface area (Å²) >= 11 is 6.49. The zero-order valence-corrected chi connectivity index (χ0v) is 22.5. The Morgan fingerprint density at radius 3 is 2.92 bits per heavy atom. The second-order valence-electron chi connectivity index (χ2n) is 8.98. The highest BCUT2D eigenvalue weighted by Gasteiger charge is 2.14. The van der Waals surface area contributed by atoms with Crippen molar-refractivity contribution >= 4 is 39.7 Å². The number of aromatic nitrogens is 2. The Bertz CT molecular complexity index is 1580. The minimum absolute atomic E-state index is 0.0825. The number of hydrogen-bond acceptors (Lipinski definition) is 8. The summed E-state index contributed by atoms with van der Waals surface area (Å²) in [6.07, 6.45) is 1.49. The first-order valence-electron chi connectivity index (χ1n) is 12.7. The van der Waals surface area contributed by atoms with Gasteiger partial charge in [0.1, 0.15) is 36.9 Å². The van der Waals surface area contributed by atoms with Crippen LogP contribution in [0.3, 0.4) is 0 Å². The zero-order valence-electron chi connectivity index (χ0n) is 21.8. The molecule has 5 rings (SSSR count). The molecule has 0 spiro atoms. The van der Waals surface area contributed by atoms with Crippen LogP contribution in [0, 0.1) is 17.7 Å². The van der Waals surface area contributed by atoms with Gasteiger partial charge in [0.05, 0.1) is 29.8 Å². The summed E-state index contributed by atoms with van der Waals surface area (Å²) in [7, 11) is 0. The molecule has 2 N–H and O–H groups in total. The van der Waals surface area contributed by atoms with Crippen LogP contribution in [-0.2, 0) is 16.2 Å². The molecule has 1 fully saturated rings. The Morgan fingerprint density at radius 2 is 2.12 bits per heavy atom. The molecule has 40 heavy (non-hydrogen) atoms. The number of halogens is 2. The number of nitrogens with one attached hydrogen (secondary N) is 2. The molecule has 2 heterocycles. The fourth-order valence-electron chi connectivity index (χ4n) is 4.11. The molecular formula is C30H27ClFN5O3. The Morgan fingerprint density at radius 1 is 1.20 bits per heavy atom. The van der Waals surface area contributed by atoms with Gasteiger partial charge < -0.3 is 24.9 Å². The van der Waals surface area contributed by atoms with Crippen molar-refractivity contribution in [2.24, 2.45) is 5.16 Å². The monoisotopic (exact) mass is 559 g/mol. The van der Waals surface area contributed by atoms with Gasteiger partial charge in [0.15, 0.2) is 5.71 Å². The molecule has 8 nitrogen and oxygen atoms in total. The van der Waals surface area contributed by atoms with E-state index in [9.17, 15) is 4.39 Å². The van der Waals surface area contributed by atoms with E-state index in [0.717, 1.165) is 23.0 Å². The smallest absolute Gasteiger partial charge is 0.159 e. The van der Waals surface area contributed by atoms with E-state index in [2.05, 4.69) is 37.6 Å². The van der Waals surface area contributed by atoms with Gasteiger partial charge in [0.2, 0.25) is 0 Å². The van der Waals surface area contributed by atoms with Gasteiger partial charge in [-0.25, -0.2) is 14.4 Å². The van der Waals surface area contributed by atoms with Gasteiger partial charge >= 0.3 is 0 Å². The van der Waals surface area contributed by atoms with Gasteiger partial charge in [0, 0.05) is 23.2 Å². The van der Waals surface area contributed by atoms with Crippen LogP contribution in [0.4, 0.5) is 15.9 Å². The van der Waals surface area contributed by atoms with Crippen molar-refractivity contribution in [2.45, 2.75) is 19.6 Å². The molecule has 1 atom stereocenters. The fourth-order valence-corrected chi connectivity index (χ4v) is 4.34. The maximum Gasteiger partial charge on any atom is 0.159 e. The molecule has 0 unspecified atom stereocenters. The first kappa shape index (κ1) is 27.3. The van der Waals surface area contributed by atoms with Crippen LogP contribution in [0.1, 0.15) is 18.1 Å². The molecule has 0 radical (unpaired) electrons. The molecule has 1 aromatic heterocycles. The van der Waals surface area contributed by atoms with Crippen LogP contribution in [0.25, 0.3) is 10.9 Å². The SMILES string of the molecule is CC#CC(=NOC[C@H]1COCCN1)c1ccc2ncnc(Nc3ccc(OCc4cccc(F)c4)c(Cl)c3)c2c1. The minimum atomic E-state index is -0.313. The number of hydrogen-bond donors (Lipinski definition) is 2. The molecule has 204 valence electrons. The van der Waals surface area contributed by atoms with Gasteiger partial charge in [-0.3, -0.25) is 0 Å². The van der Waals surface area contributed by atoms with Crippen molar-refractivity contribution in [3.05, 3.63) is 89.0 Å². The molecule has 3 aromatic carbocycles. The number of morpholine rings is 1. The number of rotatable bonds is 9. The Labute approximate surface area is 236 Å². The highest BCUT2D eigenvalue weighted by atomic mass is 35.5. The lowest BCUT2D eigenvalue weighted by atomic mass is 10.1. The topological polar surface area (TPSA) is 89.9 Å². The van der Waals surface area contributed by atoms with E-state index in [0.29, 0.717) is 53.4 Å². The Balaban J connectivity index is 1.33. The molecule has 0 aliphatic carbocycles. The molecule has 0 amide bonds. The normalized spacial score (nSPS) is 15.3. The lowest BCUT2D eigenvalue weighted by Crippen LogP contribution is -2.43. The van der Waals surface area contributed by atoms with Crippen LogP contribution in [0.2, 0.25) is 5.02 Å². The number of ether oxygens (including phenoxy) is 2. The standard InChI is InChI=1S/C30H27ClFN5O3/c1-2-4-27(37-40-18-24-17-38-12-11-33-24)21-7-9-28-25(14-21)30(35-19-34-28)36-23-8-10-29(26(31)15-23)39-16-20-5-3-6-22(32)13-20/h3,5-10,13-15,19,24,33H,11-12,16-18H2,1H3,(H,34,35,36)/t24-/m1/s1. The van der Waals surface area contributed by atoms with E-state index in [1.54, 1.807) is 31.2 Å². The zero-order chi connectivity index (χ0) is 27.7. The van der Waals surface area contributed by atoms with E-state index >= 15 is 0 Å². The van der Waals surface area contributed by atoms with Gasteiger partial charge in [0.25, 0.3) is 0 Å². The highest BCUT2D eigenvalue weighted by molar-refractivity contribution is 6.32. The predicted molar refractivity (Wildman–Crippen MR) is 154 cm³/mol. The molecule has 1 aliphatic heterocycles. The first-order chi connectivity index (χ1) is 19.6. The van der Waals surface area contributed by atoms with Crippen molar-refractivity contribution in [1.82, 2.24) is 15.3 Å². The van der Waals surface area contributed by atoms with Gasteiger partial charge in [-0.15, -0.1) is 0 Å². The summed E-state index contributed by atoms with van der Waals surface area (Å²) in [5.41, 5.74) is 3.43. The van der Waals surface area contributed by atoms with E-state index < -0.39 is 0 Å². The summed E-state index contributed by atoms with van der Waals surface area (Å²) in [5, 5.41) is 12.1. The van der Waals surface area contributed by atoms with E-state index in [4.69, 9.17) is 25.9 Å². The quantitative estimate of drug-likeness (QED) is 0.159. The van der Waals surface area contributed by atoms with Crippen molar-refractivity contribution < 1.29 is 18.7 Å². The average molecular weight is 560 g/mol. The van der Waals surface area contributed by atoms with E-state index in [-0.39, 0.29) is 18.5 Å².